The van der Waals surface area contributed by atoms with Crippen LogP contribution in [0.4, 0.5) is 0 Å². The second-order valence-electron chi connectivity index (χ2n) is 5.09. The molecule has 2 aromatic rings. The fourth-order valence-electron chi connectivity index (χ4n) is 1.90. The maximum absolute atomic E-state index is 11.4. The molecule has 0 spiro atoms. The van der Waals surface area contributed by atoms with Crippen LogP contribution in [-0.4, -0.2) is 38.8 Å². The Labute approximate surface area is 128 Å². The first kappa shape index (κ1) is 15.7. The summed E-state index contributed by atoms with van der Waals surface area (Å²) >= 11 is 1.80. The van der Waals surface area contributed by atoms with Gasteiger partial charge in [-0.3, -0.25) is 4.90 Å². The van der Waals surface area contributed by atoms with Crippen molar-refractivity contribution in [3.8, 4) is 0 Å². The Balaban J connectivity index is 2.05. The van der Waals surface area contributed by atoms with Crippen molar-refractivity contribution >= 4 is 17.3 Å². The van der Waals surface area contributed by atoms with E-state index in [1.165, 1.54) is 16.9 Å². The summed E-state index contributed by atoms with van der Waals surface area (Å²) < 4.78 is 6.27. The Hall–Kier alpha value is -1.73. The van der Waals surface area contributed by atoms with E-state index in [4.69, 9.17) is 0 Å². The van der Waals surface area contributed by atoms with Gasteiger partial charge in [0.1, 0.15) is 6.33 Å². The molecule has 0 aliphatic rings. The minimum atomic E-state index is -0.515. The van der Waals surface area contributed by atoms with E-state index in [9.17, 15) is 4.79 Å². The molecule has 2 heterocycles. The van der Waals surface area contributed by atoms with Crippen molar-refractivity contribution < 1.29 is 9.53 Å². The largest absolute Gasteiger partial charge is 0.463 e. The lowest BCUT2D eigenvalue weighted by molar-refractivity contribution is 0.0585. The molecule has 2 aromatic heterocycles. The predicted molar refractivity (Wildman–Crippen MR) is 81.1 cm³/mol. The number of carbonyl (C=O) groups excluding carboxylic acids is 1. The fraction of sp³-hybridized carbons (Fsp3) is 0.500. The van der Waals surface area contributed by atoms with Crippen molar-refractivity contribution in [3.63, 3.8) is 0 Å². The van der Waals surface area contributed by atoms with Gasteiger partial charge in [-0.2, -0.15) is 0 Å². The second kappa shape index (κ2) is 6.82. The third-order valence-corrected chi connectivity index (χ3v) is 4.10. The normalized spacial score (nSPS) is 11.3. The van der Waals surface area contributed by atoms with E-state index in [1.54, 1.807) is 22.3 Å². The fourth-order valence-corrected chi connectivity index (χ4v) is 2.82. The van der Waals surface area contributed by atoms with Gasteiger partial charge in [0.25, 0.3) is 5.82 Å². The van der Waals surface area contributed by atoms with Crippen LogP contribution in [0.15, 0.2) is 18.5 Å². The first-order valence-electron chi connectivity index (χ1n) is 6.76. The zero-order valence-electron chi connectivity index (χ0n) is 12.7. The number of methoxy groups -OCH3 is 1. The van der Waals surface area contributed by atoms with Gasteiger partial charge in [-0.25, -0.2) is 14.5 Å². The number of hydrogen-bond acceptors (Lipinski definition) is 6. The highest BCUT2D eigenvalue weighted by atomic mass is 32.1. The van der Waals surface area contributed by atoms with Gasteiger partial charge in [0, 0.05) is 22.3 Å². The standard InChI is InChI=1S/C14H20N4O2S/c1-10(2)17(7-12-6-5-11(3)21-12)9-18-8-15-13(16-18)14(19)20-4/h5-6,8,10H,7,9H2,1-4H3. The summed E-state index contributed by atoms with van der Waals surface area (Å²) in [5, 5.41) is 4.14. The summed E-state index contributed by atoms with van der Waals surface area (Å²) in [7, 11) is 1.32. The van der Waals surface area contributed by atoms with Gasteiger partial charge >= 0.3 is 5.97 Å². The van der Waals surface area contributed by atoms with Crippen LogP contribution in [0.25, 0.3) is 0 Å². The van der Waals surface area contributed by atoms with Gasteiger partial charge in [-0.1, -0.05) is 0 Å². The van der Waals surface area contributed by atoms with E-state index in [2.05, 4.69) is 52.6 Å². The topological polar surface area (TPSA) is 60.2 Å². The molecule has 114 valence electrons. The molecule has 0 saturated heterocycles. The van der Waals surface area contributed by atoms with E-state index in [1.807, 2.05) is 0 Å². The van der Waals surface area contributed by atoms with Crippen molar-refractivity contribution in [2.75, 3.05) is 7.11 Å². The molecule has 0 fully saturated rings. The van der Waals surface area contributed by atoms with Gasteiger partial charge in [0.2, 0.25) is 0 Å². The average molecular weight is 308 g/mol. The second-order valence-corrected chi connectivity index (χ2v) is 6.47. The van der Waals surface area contributed by atoms with E-state index >= 15 is 0 Å². The third kappa shape index (κ3) is 4.12. The Morgan fingerprint density at radius 3 is 2.81 bits per heavy atom. The van der Waals surface area contributed by atoms with Crippen molar-refractivity contribution in [2.45, 2.75) is 40.0 Å². The van der Waals surface area contributed by atoms with E-state index in [0.717, 1.165) is 6.54 Å². The number of thiophene rings is 1. The molecule has 6 nitrogen and oxygen atoms in total. The highest BCUT2D eigenvalue weighted by Gasteiger charge is 2.15. The lowest BCUT2D eigenvalue weighted by Gasteiger charge is -2.25. The first-order chi connectivity index (χ1) is 9.99. The maximum Gasteiger partial charge on any atom is 0.377 e. The smallest absolute Gasteiger partial charge is 0.377 e. The van der Waals surface area contributed by atoms with Gasteiger partial charge in [0.05, 0.1) is 13.8 Å². The molecule has 0 aliphatic carbocycles. The molecule has 0 unspecified atom stereocenters. The van der Waals surface area contributed by atoms with Crippen LogP contribution in [-0.2, 0) is 18.0 Å². The summed E-state index contributed by atoms with van der Waals surface area (Å²) in [6.45, 7) is 7.81. The summed E-state index contributed by atoms with van der Waals surface area (Å²) in [5.74, 6) is -0.424. The van der Waals surface area contributed by atoms with Crippen LogP contribution < -0.4 is 0 Å². The lowest BCUT2D eigenvalue weighted by atomic mass is 10.3. The van der Waals surface area contributed by atoms with E-state index in [-0.39, 0.29) is 5.82 Å². The molecule has 0 aromatic carbocycles. The number of aryl methyl sites for hydroxylation is 1. The molecule has 0 aliphatic heterocycles. The monoisotopic (exact) mass is 308 g/mol. The first-order valence-corrected chi connectivity index (χ1v) is 7.58. The molecular weight excluding hydrogens is 288 g/mol. The van der Waals surface area contributed by atoms with E-state index < -0.39 is 5.97 Å². The Morgan fingerprint density at radius 2 is 2.24 bits per heavy atom. The molecule has 0 radical (unpaired) electrons. The molecule has 0 atom stereocenters. The Morgan fingerprint density at radius 1 is 1.48 bits per heavy atom. The third-order valence-electron chi connectivity index (χ3n) is 3.12. The molecule has 0 amide bonds. The summed E-state index contributed by atoms with van der Waals surface area (Å²) in [6, 6.07) is 4.64. The summed E-state index contributed by atoms with van der Waals surface area (Å²) in [6.07, 6.45) is 1.56. The number of carbonyl (C=O) groups is 1. The quantitative estimate of drug-likeness (QED) is 0.766. The van der Waals surface area contributed by atoms with Crippen LogP contribution in [0.1, 0.15) is 34.2 Å². The molecular formula is C14H20N4O2S. The van der Waals surface area contributed by atoms with Gasteiger partial charge in [-0.05, 0) is 32.9 Å². The number of aromatic nitrogens is 3. The van der Waals surface area contributed by atoms with Gasteiger partial charge in [0.15, 0.2) is 0 Å². The number of ether oxygens (including phenoxy) is 1. The molecule has 0 saturated carbocycles. The predicted octanol–water partition coefficient (Wildman–Crippen LogP) is 2.30. The van der Waals surface area contributed by atoms with Crippen molar-refractivity contribution in [3.05, 3.63) is 34.0 Å². The van der Waals surface area contributed by atoms with Crippen molar-refractivity contribution in [1.82, 2.24) is 19.7 Å². The van der Waals surface area contributed by atoms with Crippen LogP contribution in [0, 0.1) is 6.92 Å². The molecule has 2 rings (SSSR count). The lowest BCUT2D eigenvalue weighted by Crippen LogP contribution is -2.32. The maximum atomic E-state index is 11.4. The highest BCUT2D eigenvalue weighted by molar-refractivity contribution is 7.11. The minimum Gasteiger partial charge on any atom is -0.463 e. The number of hydrogen-bond donors (Lipinski definition) is 0. The number of rotatable bonds is 6. The highest BCUT2D eigenvalue weighted by Crippen LogP contribution is 2.18. The Kier molecular flexibility index (Phi) is 5.08. The molecule has 7 heteroatoms. The number of esters is 1. The molecule has 0 bridgehead atoms. The summed E-state index contributed by atoms with van der Waals surface area (Å²) in [5.41, 5.74) is 0. The van der Waals surface area contributed by atoms with Crippen molar-refractivity contribution in [1.29, 1.82) is 0 Å². The van der Waals surface area contributed by atoms with Gasteiger partial charge in [-0.15, -0.1) is 16.4 Å². The zero-order valence-corrected chi connectivity index (χ0v) is 13.6. The minimum absolute atomic E-state index is 0.0909. The summed E-state index contributed by atoms with van der Waals surface area (Å²) in [4.78, 5) is 20.2. The van der Waals surface area contributed by atoms with Crippen LogP contribution in [0.2, 0.25) is 0 Å². The SMILES string of the molecule is COC(=O)c1ncn(CN(Cc2ccc(C)s2)C(C)C)n1. The van der Waals surface area contributed by atoms with Crippen LogP contribution in [0.5, 0.6) is 0 Å². The van der Waals surface area contributed by atoms with Crippen molar-refractivity contribution in [2.24, 2.45) is 0 Å². The van der Waals surface area contributed by atoms with Crippen LogP contribution >= 0.6 is 11.3 Å². The molecule has 21 heavy (non-hydrogen) atoms. The average Bonchev–Trinajstić information content (AvgIpc) is 3.06. The van der Waals surface area contributed by atoms with Gasteiger partial charge < -0.3 is 4.74 Å². The van der Waals surface area contributed by atoms with E-state index in [0.29, 0.717) is 12.7 Å². The van der Waals surface area contributed by atoms with Crippen LogP contribution in [0.3, 0.4) is 0 Å². The molecule has 0 N–H and O–H groups in total. The number of nitrogens with zero attached hydrogens (tertiary/aromatic N) is 4. The Bertz CT molecular complexity index is 606. The zero-order chi connectivity index (χ0) is 15.4.